The Hall–Kier alpha value is -2.28. The number of hydrogen-bond acceptors (Lipinski definition) is 5. The Kier molecular flexibility index (Phi) is 5.44. The van der Waals surface area contributed by atoms with Crippen LogP contribution in [-0.2, 0) is 16.2 Å². The van der Waals surface area contributed by atoms with E-state index in [1.54, 1.807) is 19.1 Å². The normalized spacial score (nSPS) is 16.7. The minimum absolute atomic E-state index is 0.0387. The number of ether oxygens (including phenoxy) is 2. The first-order valence-corrected chi connectivity index (χ1v) is 7.58. The number of carbonyl (C=O) groups excluding carboxylic acids is 1. The van der Waals surface area contributed by atoms with Crippen LogP contribution in [0.25, 0.3) is 0 Å². The number of carbonyl (C=O) groups is 2. The molecule has 0 fully saturated rings. The highest BCUT2D eigenvalue weighted by atomic mass is 16.5. The Labute approximate surface area is 134 Å². The molecule has 1 aromatic rings. The first kappa shape index (κ1) is 17.1. The van der Waals surface area contributed by atoms with Crippen LogP contribution < -0.4 is 14.4 Å². The van der Waals surface area contributed by atoms with Gasteiger partial charge in [-0.05, 0) is 31.0 Å². The zero-order valence-electron chi connectivity index (χ0n) is 13.2. The van der Waals surface area contributed by atoms with E-state index in [2.05, 4.69) is 0 Å². The molecule has 0 radical (unpaired) electrons. The second kappa shape index (κ2) is 7.32. The second-order valence-corrected chi connectivity index (χ2v) is 5.34. The average Bonchev–Trinajstić information content (AvgIpc) is 2.53. The fourth-order valence-corrected chi connectivity index (χ4v) is 2.38. The molecule has 0 saturated heterocycles. The van der Waals surface area contributed by atoms with E-state index in [4.69, 9.17) is 14.6 Å². The summed E-state index contributed by atoms with van der Waals surface area (Å²) < 4.78 is 11.3. The van der Waals surface area contributed by atoms with E-state index in [1.165, 1.54) is 4.90 Å². The highest BCUT2D eigenvalue weighted by Crippen LogP contribution is 2.43. The number of aliphatic hydroxyl groups is 1. The molecule has 7 heteroatoms. The van der Waals surface area contributed by atoms with Gasteiger partial charge in [-0.25, -0.2) is 0 Å². The van der Waals surface area contributed by atoms with Gasteiger partial charge in [0.2, 0.25) is 0 Å². The predicted molar refractivity (Wildman–Crippen MR) is 82.8 cm³/mol. The molecular weight excluding hydrogens is 302 g/mol. The number of aliphatic hydroxyl groups excluding tert-OH is 1. The van der Waals surface area contributed by atoms with Gasteiger partial charge in [0.15, 0.2) is 17.6 Å². The molecule has 0 aromatic heterocycles. The maximum Gasteiger partial charge on any atom is 0.305 e. The number of carboxylic acid groups (broad SMARTS) is 1. The van der Waals surface area contributed by atoms with Gasteiger partial charge in [0.1, 0.15) is 0 Å². The summed E-state index contributed by atoms with van der Waals surface area (Å²) in [6, 6.07) is 3.30. The lowest BCUT2D eigenvalue weighted by Gasteiger charge is -2.34. The third-order valence-corrected chi connectivity index (χ3v) is 3.49. The lowest BCUT2D eigenvalue weighted by molar-refractivity contribution is -0.136. The molecule has 0 spiro atoms. The van der Waals surface area contributed by atoms with Crippen molar-refractivity contribution in [3.63, 3.8) is 0 Å². The molecule has 1 aromatic carbocycles. The number of anilines is 1. The Bertz CT molecular complexity index is 600. The van der Waals surface area contributed by atoms with Crippen LogP contribution in [0.15, 0.2) is 12.1 Å². The van der Waals surface area contributed by atoms with E-state index in [1.807, 2.05) is 6.92 Å². The van der Waals surface area contributed by atoms with E-state index >= 15 is 0 Å². The van der Waals surface area contributed by atoms with Crippen molar-refractivity contribution in [3.05, 3.63) is 17.7 Å². The minimum atomic E-state index is -0.987. The van der Waals surface area contributed by atoms with Gasteiger partial charge in [-0.3, -0.25) is 9.59 Å². The van der Waals surface area contributed by atoms with Crippen LogP contribution in [0.2, 0.25) is 0 Å². The first-order valence-electron chi connectivity index (χ1n) is 7.58. The zero-order chi connectivity index (χ0) is 17.0. The summed E-state index contributed by atoms with van der Waals surface area (Å²) >= 11 is 0. The molecule has 0 bridgehead atoms. The predicted octanol–water partition coefficient (Wildman–Crippen LogP) is 1.56. The van der Waals surface area contributed by atoms with Crippen LogP contribution in [0.4, 0.5) is 5.69 Å². The van der Waals surface area contributed by atoms with Gasteiger partial charge >= 0.3 is 5.97 Å². The van der Waals surface area contributed by atoms with Crippen LogP contribution >= 0.6 is 0 Å². The second-order valence-electron chi connectivity index (χ2n) is 5.34. The highest BCUT2D eigenvalue weighted by molar-refractivity contribution is 6.00. The van der Waals surface area contributed by atoms with Crippen molar-refractivity contribution in [2.24, 2.45) is 0 Å². The van der Waals surface area contributed by atoms with E-state index in [0.29, 0.717) is 29.4 Å². The zero-order valence-corrected chi connectivity index (χ0v) is 13.2. The average molecular weight is 323 g/mol. The van der Waals surface area contributed by atoms with Crippen molar-refractivity contribution >= 4 is 17.6 Å². The Morgan fingerprint density at radius 2 is 2.17 bits per heavy atom. The van der Waals surface area contributed by atoms with E-state index in [0.717, 1.165) is 6.42 Å². The van der Waals surface area contributed by atoms with Gasteiger partial charge in [0.05, 0.1) is 25.3 Å². The molecule has 0 aliphatic carbocycles. The minimum Gasteiger partial charge on any atom is -0.490 e. The number of amides is 1. The van der Waals surface area contributed by atoms with Crippen molar-refractivity contribution < 1.29 is 29.3 Å². The molecule has 1 amide bonds. The van der Waals surface area contributed by atoms with E-state index in [9.17, 15) is 14.7 Å². The summed E-state index contributed by atoms with van der Waals surface area (Å²) in [5.41, 5.74) is 1.01. The van der Waals surface area contributed by atoms with Crippen molar-refractivity contribution in [3.8, 4) is 11.5 Å². The first-order chi connectivity index (χ1) is 11.0. The molecule has 23 heavy (non-hydrogen) atoms. The van der Waals surface area contributed by atoms with Crippen LogP contribution in [0.5, 0.6) is 11.5 Å². The largest absolute Gasteiger partial charge is 0.490 e. The number of hydrogen-bond donors (Lipinski definition) is 2. The fraction of sp³-hybridized carbons (Fsp3) is 0.500. The number of rotatable bonds is 7. The Morgan fingerprint density at radius 1 is 1.43 bits per heavy atom. The van der Waals surface area contributed by atoms with E-state index < -0.39 is 12.1 Å². The van der Waals surface area contributed by atoms with Gasteiger partial charge in [-0.1, -0.05) is 6.92 Å². The number of nitrogens with zero attached hydrogens (tertiary/aromatic N) is 1. The summed E-state index contributed by atoms with van der Waals surface area (Å²) in [7, 11) is 0. The number of carboxylic acids is 1. The smallest absolute Gasteiger partial charge is 0.305 e. The topological polar surface area (TPSA) is 96.3 Å². The van der Waals surface area contributed by atoms with Gasteiger partial charge in [-0.2, -0.15) is 0 Å². The van der Waals surface area contributed by atoms with Crippen LogP contribution in [0, 0.1) is 0 Å². The summed E-state index contributed by atoms with van der Waals surface area (Å²) in [6.45, 7) is 3.88. The molecule has 0 saturated carbocycles. The number of fused-ring (bicyclic) bond motifs is 1. The van der Waals surface area contributed by atoms with Crippen molar-refractivity contribution in [2.75, 3.05) is 18.1 Å². The fourth-order valence-electron chi connectivity index (χ4n) is 2.38. The maximum absolute atomic E-state index is 12.3. The summed E-state index contributed by atoms with van der Waals surface area (Å²) in [4.78, 5) is 24.6. The van der Waals surface area contributed by atoms with Crippen molar-refractivity contribution in [1.29, 1.82) is 0 Å². The van der Waals surface area contributed by atoms with Crippen molar-refractivity contribution in [2.45, 2.75) is 39.4 Å². The Balaban J connectivity index is 2.45. The third-order valence-electron chi connectivity index (χ3n) is 3.49. The molecule has 7 nitrogen and oxygen atoms in total. The maximum atomic E-state index is 12.3. The lowest BCUT2D eigenvalue weighted by atomic mass is 10.1. The summed E-state index contributed by atoms with van der Waals surface area (Å²) in [5.74, 6) is -0.434. The molecule has 1 aliphatic heterocycles. The molecule has 1 unspecified atom stereocenters. The van der Waals surface area contributed by atoms with Crippen LogP contribution in [0.1, 0.15) is 32.3 Å². The number of aliphatic carboxylic acids is 1. The molecule has 1 atom stereocenters. The summed E-state index contributed by atoms with van der Waals surface area (Å²) in [6.07, 6.45) is -0.0953. The molecule has 2 rings (SSSR count). The lowest BCUT2D eigenvalue weighted by Crippen LogP contribution is -2.45. The molecule has 1 aliphatic rings. The quantitative estimate of drug-likeness (QED) is 0.790. The van der Waals surface area contributed by atoms with Crippen molar-refractivity contribution in [1.82, 2.24) is 0 Å². The van der Waals surface area contributed by atoms with Gasteiger partial charge in [-0.15, -0.1) is 0 Å². The van der Waals surface area contributed by atoms with Gasteiger partial charge in [0, 0.05) is 6.54 Å². The van der Waals surface area contributed by atoms with Crippen LogP contribution in [-0.4, -0.2) is 41.3 Å². The highest BCUT2D eigenvalue weighted by Gasteiger charge is 2.34. The SMILES string of the molecule is CCCOc1cc(CO)cc2c1OC(C)C(=O)N2CCC(=O)O. The van der Waals surface area contributed by atoms with Gasteiger partial charge in [0.25, 0.3) is 5.91 Å². The van der Waals surface area contributed by atoms with Gasteiger partial charge < -0.3 is 24.6 Å². The molecule has 2 N–H and O–H groups in total. The summed E-state index contributed by atoms with van der Waals surface area (Å²) in [5, 5.41) is 18.3. The third kappa shape index (κ3) is 3.73. The van der Waals surface area contributed by atoms with Crippen LogP contribution in [0.3, 0.4) is 0 Å². The number of benzene rings is 1. The molecular formula is C16H21NO6. The molecule has 1 heterocycles. The Morgan fingerprint density at radius 3 is 2.78 bits per heavy atom. The molecule has 126 valence electrons. The van der Waals surface area contributed by atoms with E-state index in [-0.39, 0.29) is 25.5 Å². The standard InChI is InChI=1S/C16H21NO6/c1-3-6-22-13-8-11(9-18)7-12-15(13)23-10(2)16(21)17(12)5-4-14(19)20/h7-8,10,18H,3-6,9H2,1-2H3,(H,19,20). The monoisotopic (exact) mass is 323 g/mol.